The first-order valence-electron chi connectivity index (χ1n) is 7.74. The Balaban J connectivity index is 1.63. The maximum Gasteiger partial charge on any atom is 0.287 e. The van der Waals surface area contributed by atoms with Gasteiger partial charge in [0.25, 0.3) is 5.91 Å². The molecular weight excluding hydrogens is 306 g/mol. The standard InChI is InChI=1S/C19H19NO4/c1-23-16-9-5-8-14-11-17(24-18(14)16)19(22)20-12-15(21)10-13-6-3-2-4-7-13/h2-9,11,15,21H,10,12H2,1H3,(H,20,22). The molecule has 3 rings (SSSR count). The number of fused-ring (bicyclic) bond motifs is 1. The number of para-hydroxylation sites is 1. The Kier molecular flexibility index (Phi) is 4.82. The van der Waals surface area contributed by atoms with Gasteiger partial charge in [-0.05, 0) is 17.7 Å². The molecule has 0 spiro atoms. The lowest BCUT2D eigenvalue weighted by Gasteiger charge is -2.11. The largest absolute Gasteiger partial charge is 0.493 e. The van der Waals surface area contributed by atoms with Gasteiger partial charge in [0.1, 0.15) is 0 Å². The highest BCUT2D eigenvalue weighted by Crippen LogP contribution is 2.28. The SMILES string of the molecule is COc1cccc2cc(C(=O)NCC(O)Cc3ccccc3)oc12. The average molecular weight is 325 g/mol. The minimum atomic E-state index is -0.657. The van der Waals surface area contributed by atoms with Gasteiger partial charge in [-0.2, -0.15) is 0 Å². The summed E-state index contributed by atoms with van der Waals surface area (Å²) >= 11 is 0. The number of aliphatic hydroxyl groups is 1. The van der Waals surface area contributed by atoms with E-state index in [0.29, 0.717) is 17.8 Å². The molecule has 2 N–H and O–H groups in total. The number of hydrogen-bond acceptors (Lipinski definition) is 4. The van der Waals surface area contributed by atoms with Crippen LogP contribution >= 0.6 is 0 Å². The highest BCUT2D eigenvalue weighted by Gasteiger charge is 2.16. The summed E-state index contributed by atoms with van der Waals surface area (Å²) in [6, 6.07) is 16.8. The lowest BCUT2D eigenvalue weighted by Crippen LogP contribution is -2.33. The van der Waals surface area contributed by atoms with Gasteiger partial charge in [-0.3, -0.25) is 4.79 Å². The van der Waals surface area contributed by atoms with Crippen LogP contribution in [0.25, 0.3) is 11.0 Å². The first-order chi connectivity index (χ1) is 11.7. The van der Waals surface area contributed by atoms with Crippen LogP contribution in [0.2, 0.25) is 0 Å². The monoisotopic (exact) mass is 325 g/mol. The third-order valence-electron chi connectivity index (χ3n) is 3.76. The van der Waals surface area contributed by atoms with Crippen molar-refractivity contribution in [3.05, 3.63) is 65.9 Å². The van der Waals surface area contributed by atoms with Gasteiger partial charge in [0.05, 0.1) is 13.2 Å². The van der Waals surface area contributed by atoms with Gasteiger partial charge in [-0.25, -0.2) is 0 Å². The van der Waals surface area contributed by atoms with Crippen molar-refractivity contribution in [2.24, 2.45) is 0 Å². The van der Waals surface area contributed by atoms with Gasteiger partial charge in [-0.1, -0.05) is 42.5 Å². The molecule has 1 atom stereocenters. The third kappa shape index (κ3) is 3.58. The van der Waals surface area contributed by atoms with E-state index in [4.69, 9.17) is 9.15 Å². The van der Waals surface area contributed by atoms with Crippen LogP contribution in [-0.4, -0.2) is 30.8 Å². The molecule has 0 saturated heterocycles. The molecule has 5 nitrogen and oxygen atoms in total. The number of hydrogen-bond donors (Lipinski definition) is 2. The van der Waals surface area contributed by atoms with Crippen LogP contribution in [-0.2, 0) is 6.42 Å². The van der Waals surface area contributed by atoms with Crippen molar-refractivity contribution in [2.75, 3.05) is 13.7 Å². The van der Waals surface area contributed by atoms with E-state index in [0.717, 1.165) is 10.9 Å². The zero-order valence-corrected chi connectivity index (χ0v) is 13.4. The van der Waals surface area contributed by atoms with Crippen LogP contribution in [0.3, 0.4) is 0 Å². The van der Waals surface area contributed by atoms with Crippen molar-refractivity contribution >= 4 is 16.9 Å². The fraction of sp³-hybridized carbons (Fsp3) is 0.211. The van der Waals surface area contributed by atoms with Gasteiger partial charge in [-0.15, -0.1) is 0 Å². The van der Waals surface area contributed by atoms with Gasteiger partial charge >= 0.3 is 0 Å². The molecule has 5 heteroatoms. The summed E-state index contributed by atoms with van der Waals surface area (Å²) in [6.07, 6.45) is -0.176. The third-order valence-corrected chi connectivity index (χ3v) is 3.76. The molecule has 124 valence electrons. The van der Waals surface area contributed by atoms with E-state index in [1.54, 1.807) is 19.2 Å². The van der Waals surface area contributed by atoms with Gasteiger partial charge < -0.3 is 19.6 Å². The minimum Gasteiger partial charge on any atom is -0.493 e. The number of methoxy groups -OCH3 is 1. The summed E-state index contributed by atoms with van der Waals surface area (Å²) in [4.78, 5) is 12.2. The van der Waals surface area contributed by atoms with E-state index >= 15 is 0 Å². The lowest BCUT2D eigenvalue weighted by molar-refractivity contribution is 0.0890. The highest BCUT2D eigenvalue weighted by molar-refractivity contribution is 5.97. The molecule has 1 unspecified atom stereocenters. The van der Waals surface area contributed by atoms with Crippen LogP contribution in [0.15, 0.2) is 59.0 Å². The second-order valence-corrected chi connectivity index (χ2v) is 5.54. The Hall–Kier alpha value is -2.79. The van der Waals surface area contributed by atoms with Crippen molar-refractivity contribution in [3.8, 4) is 5.75 Å². The number of ether oxygens (including phenoxy) is 1. The molecule has 3 aromatic rings. The second kappa shape index (κ2) is 7.19. The Morgan fingerprint density at radius 3 is 2.75 bits per heavy atom. The number of amides is 1. The van der Waals surface area contributed by atoms with E-state index in [9.17, 15) is 9.90 Å². The van der Waals surface area contributed by atoms with Crippen molar-refractivity contribution in [2.45, 2.75) is 12.5 Å². The first kappa shape index (κ1) is 16.1. The quantitative estimate of drug-likeness (QED) is 0.731. The Labute approximate surface area is 139 Å². The second-order valence-electron chi connectivity index (χ2n) is 5.54. The fourth-order valence-electron chi connectivity index (χ4n) is 2.56. The van der Waals surface area contributed by atoms with Gasteiger partial charge in [0.2, 0.25) is 0 Å². The minimum absolute atomic E-state index is 0.155. The van der Waals surface area contributed by atoms with Crippen molar-refractivity contribution < 1.29 is 19.1 Å². The number of nitrogens with one attached hydrogen (secondary N) is 1. The molecule has 0 radical (unpaired) electrons. The number of furan rings is 1. The van der Waals surface area contributed by atoms with E-state index in [-0.39, 0.29) is 18.2 Å². The first-order valence-corrected chi connectivity index (χ1v) is 7.74. The maximum absolute atomic E-state index is 12.2. The summed E-state index contributed by atoms with van der Waals surface area (Å²) in [7, 11) is 1.55. The number of carbonyl (C=O) groups is 1. The van der Waals surface area contributed by atoms with E-state index < -0.39 is 6.10 Å². The molecule has 1 aromatic heterocycles. The zero-order chi connectivity index (χ0) is 16.9. The smallest absolute Gasteiger partial charge is 0.287 e. The van der Waals surface area contributed by atoms with Crippen molar-refractivity contribution in [1.82, 2.24) is 5.32 Å². The molecule has 0 fully saturated rings. The van der Waals surface area contributed by atoms with Crippen LogP contribution in [0, 0.1) is 0 Å². The van der Waals surface area contributed by atoms with Crippen LogP contribution < -0.4 is 10.1 Å². The number of aliphatic hydroxyl groups excluding tert-OH is 1. The molecule has 24 heavy (non-hydrogen) atoms. The molecule has 1 heterocycles. The predicted molar refractivity (Wildman–Crippen MR) is 91.3 cm³/mol. The molecule has 0 saturated carbocycles. The van der Waals surface area contributed by atoms with Crippen LogP contribution in [0.5, 0.6) is 5.75 Å². The molecular formula is C19H19NO4. The summed E-state index contributed by atoms with van der Waals surface area (Å²) in [5.41, 5.74) is 1.56. The van der Waals surface area contributed by atoms with Crippen LogP contribution in [0.1, 0.15) is 16.1 Å². The highest BCUT2D eigenvalue weighted by atomic mass is 16.5. The maximum atomic E-state index is 12.2. The number of benzene rings is 2. The summed E-state index contributed by atoms with van der Waals surface area (Å²) in [6.45, 7) is 0.155. The lowest BCUT2D eigenvalue weighted by atomic mass is 10.1. The molecule has 0 aliphatic carbocycles. The number of rotatable bonds is 6. The Morgan fingerprint density at radius 2 is 2.00 bits per heavy atom. The van der Waals surface area contributed by atoms with Crippen molar-refractivity contribution in [1.29, 1.82) is 0 Å². The molecule has 0 bridgehead atoms. The number of carbonyl (C=O) groups excluding carboxylic acids is 1. The summed E-state index contributed by atoms with van der Waals surface area (Å²) in [5.74, 6) is 0.414. The molecule has 1 amide bonds. The summed E-state index contributed by atoms with van der Waals surface area (Å²) in [5, 5.41) is 13.5. The summed E-state index contributed by atoms with van der Waals surface area (Å²) < 4.78 is 10.8. The molecule has 2 aromatic carbocycles. The topological polar surface area (TPSA) is 71.7 Å². The zero-order valence-electron chi connectivity index (χ0n) is 13.4. The molecule has 0 aliphatic heterocycles. The van der Waals surface area contributed by atoms with Gasteiger partial charge in [0, 0.05) is 18.4 Å². The van der Waals surface area contributed by atoms with E-state index in [1.807, 2.05) is 42.5 Å². The average Bonchev–Trinajstić information content (AvgIpc) is 3.05. The van der Waals surface area contributed by atoms with Gasteiger partial charge in [0.15, 0.2) is 17.1 Å². The fourth-order valence-corrected chi connectivity index (χ4v) is 2.56. The Bertz CT molecular complexity index is 826. The van der Waals surface area contributed by atoms with E-state index in [2.05, 4.69) is 5.32 Å². The van der Waals surface area contributed by atoms with E-state index in [1.165, 1.54) is 0 Å². The van der Waals surface area contributed by atoms with Crippen molar-refractivity contribution in [3.63, 3.8) is 0 Å². The normalized spacial score (nSPS) is 12.1. The van der Waals surface area contributed by atoms with Crippen LogP contribution in [0.4, 0.5) is 0 Å². The molecule has 0 aliphatic rings. The predicted octanol–water partition coefficient (Wildman–Crippen LogP) is 2.77. The Morgan fingerprint density at radius 1 is 1.21 bits per heavy atom.